The number of hydrogen-bond donors (Lipinski definition) is 0. The highest BCUT2D eigenvalue weighted by Crippen LogP contribution is 1.98. The number of amides is 1. The molecule has 0 bridgehead atoms. The van der Waals surface area contributed by atoms with Gasteiger partial charge in [0.2, 0.25) is 5.91 Å². The molecule has 0 radical (unpaired) electrons. The van der Waals surface area contributed by atoms with E-state index < -0.39 is 0 Å². The second kappa shape index (κ2) is 6.56. The number of carbonyl (C=O) groups excluding carboxylic acids is 1. The van der Waals surface area contributed by atoms with Gasteiger partial charge in [0.15, 0.2) is 0 Å². The van der Waals surface area contributed by atoms with Crippen molar-refractivity contribution < 1.29 is 9.53 Å². The van der Waals surface area contributed by atoms with Crippen LogP contribution >= 0.6 is 0 Å². The van der Waals surface area contributed by atoms with Gasteiger partial charge in [-0.1, -0.05) is 0 Å². The Balaban J connectivity index is 1.70. The first-order chi connectivity index (χ1) is 8.75. The first-order valence-corrected chi connectivity index (χ1v) is 6.40. The van der Waals surface area contributed by atoms with Gasteiger partial charge in [-0.05, 0) is 12.1 Å². The number of aromatic nitrogens is 1. The maximum atomic E-state index is 11.9. The molecule has 0 atom stereocenters. The molecule has 100 valence electrons. The molecule has 2 rings (SSSR count). The summed E-state index contributed by atoms with van der Waals surface area (Å²) in [5.41, 5.74) is 0. The second-order valence-electron chi connectivity index (χ2n) is 4.62. The topological polar surface area (TPSA) is 37.7 Å². The average molecular weight is 251 g/mol. The van der Waals surface area contributed by atoms with Gasteiger partial charge in [0, 0.05) is 45.6 Å². The predicted molar refractivity (Wildman–Crippen MR) is 69.3 cm³/mol. The van der Waals surface area contributed by atoms with Gasteiger partial charge >= 0.3 is 0 Å². The van der Waals surface area contributed by atoms with Crippen LogP contribution in [0.1, 0.15) is 0 Å². The number of nitrogens with zero attached hydrogens (tertiary/aromatic N) is 3. The van der Waals surface area contributed by atoms with E-state index in [4.69, 9.17) is 4.74 Å². The van der Waals surface area contributed by atoms with Crippen molar-refractivity contribution in [2.24, 2.45) is 0 Å². The van der Waals surface area contributed by atoms with Crippen LogP contribution in [-0.4, -0.2) is 66.7 Å². The zero-order valence-electron chi connectivity index (χ0n) is 10.9. The van der Waals surface area contributed by atoms with E-state index in [1.807, 2.05) is 36.1 Å². The first kappa shape index (κ1) is 13.1. The SMILES string of the molecule is CN(CCN1CCOCC1)C(=O)Cn1cccc1. The highest BCUT2D eigenvalue weighted by molar-refractivity contribution is 5.75. The molecule has 1 saturated heterocycles. The van der Waals surface area contributed by atoms with E-state index in [1.165, 1.54) is 0 Å². The number of likely N-dealkylation sites (N-methyl/N-ethyl adjacent to an activating group) is 1. The van der Waals surface area contributed by atoms with Gasteiger partial charge in [0.25, 0.3) is 0 Å². The van der Waals surface area contributed by atoms with Gasteiger partial charge in [-0.2, -0.15) is 0 Å². The summed E-state index contributed by atoms with van der Waals surface area (Å²) in [6, 6.07) is 3.86. The Labute approximate surface area is 108 Å². The van der Waals surface area contributed by atoms with E-state index >= 15 is 0 Å². The zero-order chi connectivity index (χ0) is 12.8. The largest absolute Gasteiger partial charge is 0.379 e. The zero-order valence-corrected chi connectivity index (χ0v) is 10.9. The van der Waals surface area contributed by atoms with Crippen LogP contribution < -0.4 is 0 Å². The molecule has 0 saturated carbocycles. The van der Waals surface area contributed by atoms with Crippen molar-refractivity contribution in [3.63, 3.8) is 0 Å². The summed E-state index contributed by atoms with van der Waals surface area (Å²) >= 11 is 0. The summed E-state index contributed by atoms with van der Waals surface area (Å²) in [5, 5.41) is 0. The maximum absolute atomic E-state index is 11.9. The average Bonchev–Trinajstić information content (AvgIpc) is 2.90. The van der Waals surface area contributed by atoms with Gasteiger partial charge in [-0.15, -0.1) is 0 Å². The third-order valence-corrected chi connectivity index (χ3v) is 3.27. The Morgan fingerprint density at radius 3 is 2.61 bits per heavy atom. The number of morpholine rings is 1. The van der Waals surface area contributed by atoms with Crippen LogP contribution in [0.15, 0.2) is 24.5 Å². The molecule has 1 amide bonds. The lowest BCUT2D eigenvalue weighted by Gasteiger charge is -2.28. The van der Waals surface area contributed by atoms with E-state index in [2.05, 4.69) is 4.90 Å². The molecule has 2 heterocycles. The van der Waals surface area contributed by atoms with E-state index in [0.29, 0.717) is 6.54 Å². The molecule has 1 fully saturated rings. The molecule has 0 unspecified atom stereocenters. The molecule has 1 aliphatic heterocycles. The minimum Gasteiger partial charge on any atom is -0.379 e. The third kappa shape index (κ3) is 3.85. The van der Waals surface area contributed by atoms with Crippen LogP contribution in [0, 0.1) is 0 Å². The van der Waals surface area contributed by atoms with Crippen LogP contribution in [0.4, 0.5) is 0 Å². The van der Waals surface area contributed by atoms with Gasteiger partial charge in [-0.3, -0.25) is 9.69 Å². The number of carbonyl (C=O) groups is 1. The molecular weight excluding hydrogens is 230 g/mol. The molecule has 1 aromatic rings. The summed E-state index contributed by atoms with van der Waals surface area (Å²) in [6.45, 7) is 5.69. The van der Waals surface area contributed by atoms with Gasteiger partial charge in [-0.25, -0.2) is 0 Å². The fourth-order valence-electron chi connectivity index (χ4n) is 1.99. The van der Waals surface area contributed by atoms with Crippen molar-refractivity contribution in [3.8, 4) is 0 Å². The summed E-state index contributed by atoms with van der Waals surface area (Å²) in [5.74, 6) is 0.152. The normalized spacial score (nSPS) is 16.7. The number of ether oxygens (including phenoxy) is 1. The van der Waals surface area contributed by atoms with Crippen molar-refractivity contribution in [1.29, 1.82) is 0 Å². The fourth-order valence-corrected chi connectivity index (χ4v) is 1.99. The minimum absolute atomic E-state index is 0.152. The Hall–Kier alpha value is -1.33. The molecule has 18 heavy (non-hydrogen) atoms. The van der Waals surface area contributed by atoms with Crippen LogP contribution in [0.5, 0.6) is 0 Å². The molecule has 0 spiro atoms. The lowest BCUT2D eigenvalue weighted by Crippen LogP contribution is -2.42. The lowest BCUT2D eigenvalue weighted by atomic mass is 10.4. The van der Waals surface area contributed by atoms with E-state index in [1.54, 1.807) is 4.90 Å². The Bertz CT molecular complexity index is 358. The van der Waals surface area contributed by atoms with Crippen molar-refractivity contribution in [1.82, 2.24) is 14.4 Å². The molecular formula is C13H21N3O2. The molecule has 5 nitrogen and oxygen atoms in total. The highest BCUT2D eigenvalue weighted by Gasteiger charge is 2.13. The highest BCUT2D eigenvalue weighted by atomic mass is 16.5. The Kier molecular flexibility index (Phi) is 4.78. The summed E-state index contributed by atoms with van der Waals surface area (Å²) in [6.07, 6.45) is 3.82. The number of hydrogen-bond acceptors (Lipinski definition) is 3. The summed E-state index contributed by atoms with van der Waals surface area (Å²) in [4.78, 5) is 16.1. The summed E-state index contributed by atoms with van der Waals surface area (Å²) < 4.78 is 7.19. The lowest BCUT2D eigenvalue weighted by molar-refractivity contribution is -0.130. The molecule has 0 N–H and O–H groups in total. The monoisotopic (exact) mass is 251 g/mol. The van der Waals surface area contributed by atoms with E-state index in [0.717, 1.165) is 39.4 Å². The van der Waals surface area contributed by atoms with Gasteiger partial charge in [0.1, 0.15) is 6.54 Å². The Morgan fingerprint density at radius 1 is 1.28 bits per heavy atom. The van der Waals surface area contributed by atoms with Crippen LogP contribution in [0.25, 0.3) is 0 Å². The second-order valence-corrected chi connectivity index (χ2v) is 4.62. The molecule has 0 aliphatic carbocycles. The van der Waals surface area contributed by atoms with Crippen LogP contribution in [-0.2, 0) is 16.1 Å². The van der Waals surface area contributed by atoms with Crippen LogP contribution in [0.3, 0.4) is 0 Å². The first-order valence-electron chi connectivity index (χ1n) is 6.40. The van der Waals surface area contributed by atoms with Gasteiger partial charge < -0.3 is 14.2 Å². The quantitative estimate of drug-likeness (QED) is 0.754. The van der Waals surface area contributed by atoms with Crippen LogP contribution in [0.2, 0.25) is 0 Å². The maximum Gasteiger partial charge on any atom is 0.242 e. The number of rotatable bonds is 5. The van der Waals surface area contributed by atoms with Crippen molar-refractivity contribution >= 4 is 5.91 Å². The molecule has 0 aromatic carbocycles. The van der Waals surface area contributed by atoms with Crippen molar-refractivity contribution in [2.75, 3.05) is 46.4 Å². The minimum atomic E-state index is 0.152. The Morgan fingerprint density at radius 2 is 1.94 bits per heavy atom. The van der Waals surface area contributed by atoms with E-state index in [-0.39, 0.29) is 5.91 Å². The predicted octanol–water partition coefficient (Wildman–Crippen LogP) is 0.279. The molecule has 1 aromatic heterocycles. The van der Waals surface area contributed by atoms with E-state index in [9.17, 15) is 4.79 Å². The standard InChI is InChI=1S/C13H21N3O2/c1-14(6-7-15-8-10-18-11-9-15)13(17)12-16-4-2-3-5-16/h2-5H,6-12H2,1H3. The molecule has 5 heteroatoms. The summed E-state index contributed by atoms with van der Waals surface area (Å²) in [7, 11) is 1.87. The third-order valence-electron chi connectivity index (χ3n) is 3.27. The van der Waals surface area contributed by atoms with Crippen molar-refractivity contribution in [2.45, 2.75) is 6.54 Å². The smallest absolute Gasteiger partial charge is 0.242 e. The van der Waals surface area contributed by atoms with Gasteiger partial charge in [0.05, 0.1) is 13.2 Å². The molecule has 1 aliphatic rings. The fraction of sp³-hybridized carbons (Fsp3) is 0.615. The van der Waals surface area contributed by atoms with Crippen molar-refractivity contribution in [3.05, 3.63) is 24.5 Å².